The minimum atomic E-state index is -0.463. The second-order valence-corrected chi connectivity index (χ2v) is 5.20. The molecule has 4 nitrogen and oxygen atoms in total. The van der Waals surface area contributed by atoms with Gasteiger partial charge < -0.3 is 14.8 Å². The summed E-state index contributed by atoms with van der Waals surface area (Å²) in [5.41, 5.74) is 2.63. The quantitative estimate of drug-likeness (QED) is 0.793. The van der Waals surface area contributed by atoms with E-state index < -0.39 is 5.82 Å². The van der Waals surface area contributed by atoms with E-state index >= 15 is 0 Å². The number of ether oxygens (including phenoxy) is 2. The SMILES string of the molecule is COCc1cccc(CNC(=O)/C=C/c2ccc(OC)c(F)c2)c1. The Hall–Kier alpha value is -2.66. The minimum absolute atomic E-state index is 0.174. The Kier molecular flexibility index (Phi) is 6.51. The maximum atomic E-state index is 13.6. The number of benzene rings is 2. The van der Waals surface area contributed by atoms with E-state index in [-0.39, 0.29) is 11.7 Å². The van der Waals surface area contributed by atoms with Crippen LogP contribution in [0.2, 0.25) is 0 Å². The summed E-state index contributed by atoms with van der Waals surface area (Å²) < 4.78 is 23.5. The molecule has 0 aromatic heterocycles. The smallest absolute Gasteiger partial charge is 0.244 e. The van der Waals surface area contributed by atoms with Gasteiger partial charge in [0.25, 0.3) is 0 Å². The van der Waals surface area contributed by atoms with Crippen LogP contribution in [0.25, 0.3) is 6.08 Å². The molecule has 0 fully saturated rings. The number of carbonyl (C=O) groups excluding carboxylic acids is 1. The molecule has 0 aliphatic carbocycles. The molecule has 0 saturated heterocycles. The van der Waals surface area contributed by atoms with Crippen molar-refractivity contribution in [3.8, 4) is 5.75 Å². The van der Waals surface area contributed by atoms with Gasteiger partial charge in [0, 0.05) is 19.7 Å². The molecular weight excluding hydrogens is 309 g/mol. The van der Waals surface area contributed by atoms with Gasteiger partial charge in [0.15, 0.2) is 11.6 Å². The summed E-state index contributed by atoms with van der Waals surface area (Å²) in [6, 6.07) is 12.3. The number of carbonyl (C=O) groups is 1. The molecule has 0 unspecified atom stereocenters. The van der Waals surface area contributed by atoms with Crippen molar-refractivity contribution in [3.63, 3.8) is 0 Å². The van der Waals surface area contributed by atoms with Crippen LogP contribution in [-0.2, 0) is 22.7 Å². The lowest BCUT2D eigenvalue weighted by Crippen LogP contribution is -2.20. The summed E-state index contributed by atoms with van der Waals surface area (Å²) in [6.45, 7) is 0.947. The lowest BCUT2D eigenvalue weighted by Gasteiger charge is -2.05. The zero-order chi connectivity index (χ0) is 17.4. The van der Waals surface area contributed by atoms with Crippen molar-refractivity contribution in [3.05, 3.63) is 71.0 Å². The first-order chi connectivity index (χ1) is 11.6. The van der Waals surface area contributed by atoms with Gasteiger partial charge in [-0.25, -0.2) is 4.39 Å². The van der Waals surface area contributed by atoms with Crippen LogP contribution in [0.3, 0.4) is 0 Å². The third kappa shape index (κ3) is 5.21. The standard InChI is InChI=1S/C19H20FNO3/c1-23-13-16-5-3-4-15(10-16)12-21-19(22)9-7-14-6-8-18(24-2)17(20)11-14/h3-11H,12-13H2,1-2H3,(H,21,22)/b9-7+. The monoisotopic (exact) mass is 329 g/mol. The zero-order valence-corrected chi connectivity index (χ0v) is 13.7. The van der Waals surface area contributed by atoms with Gasteiger partial charge in [0.2, 0.25) is 5.91 Å². The Bertz CT molecular complexity index is 728. The van der Waals surface area contributed by atoms with Crippen LogP contribution in [0.4, 0.5) is 4.39 Å². The summed E-state index contributed by atoms with van der Waals surface area (Å²) in [5, 5.41) is 2.79. The van der Waals surface area contributed by atoms with Gasteiger partial charge in [0.05, 0.1) is 13.7 Å². The van der Waals surface area contributed by atoms with Crippen molar-refractivity contribution >= 4 is 12.0 Å². The van der Waals surface area contributed by atoms with Crippen molar-refractivity contribution in [1.82, 2.24) is 5.32 Å². The lowest BCUT2D eigenvalue weighted by molar-refractivity contribution is -0.116. The highest BCUT2D eigenvalue weighted by atomic mass is 19.1. The second-order valence-electron chi connectivity index (χ2n) is 5.20. The van der Waals surface area contributed by atoms with Crippen LogP contribution < -0.4 is 10.1 Å². The molecule has 0 radical (unpaired) electrons. The summed E-state index contributed by atoms with van der Waals surface area (Å²) in [4.78, 5) is 11.9. The number of nitrogens with one attached hydrogen (secondary N) is 1. The maximum absolute atomic E-state index is 13.6. The fourth-order valence-corrected chi connectivity index (χ4v) is 2.20. The van der Waals surface area contributed by atoms with Crippen LogP contribution in [0.5, 0.6) is 5.75 Å². The Labute approximate surface area is 140 Å². The molecule has 0 aliphatic heterocycles. The largest absolute Gasteiger partial charge is 0.494 e. The molecular formula is C19H20FNO3. The van der Waals surface area contributed by atoms with Crippen LogP contribution in [0.15, 0.2) is 48.5 Å². The lowest BCUT2D eigenvalue weighted by atomic mass is 10.1. The predicted molar refractivity (Wildman–Crippen MR) is 91.0 cm³/mol. The first kappa shape index (κ1) is 17.7. The highest BCUT2D eigenvalue weighted by Gasteiger charge is 2.02. The van der Waals surface area contributed by atoms with E-state index in [1.807, 2.05) is 24.3 Å². The molecule has 0 bridgehead atoms. The van der Waals surface area contributed by atoms with Crippen LogP contribution in [-0.4, -0.2) is 20.1 Å². The number of halogens is 1. The van der Waals surface area contributed by atoms with Crippen molar-refractivity contribution < 1.29 is 18.7 Å². The Morgan fingerprint density at radius 3 is 2.67 bits per heavy atom. The van der Waals surface area contributed by atoms with Gasteiger partial charge in [-0.15, -0.1) is 0 Å². The highest BCUT2D eigenvalue weighted by molar-refractivity contribution is 5.91. The molecule has 24 heavy (non-hydrogen) atoms. The third-order valence-electron chi connectivity index (χ3n) is 3.37. The molecule has 1 N–H and O–H groups in total. The average molecular weight is 329 g/mol. The van der Waals surface area contributed by atoms with E-state index in [1.165, 1.54) is 25.3 Å². The van der Waals surface area contributed by atoms with Gasteiger partial charge >= 0.3 is 0 Å². The second kappa shape index (κ2) is 8.84. The Morgan fingerprint density at radius 1 is 1.17 bits per heavy atom. The van der Waals surface area contributed by atoms with Crippen LogP contribution >= 0.6 is 0 Å². The summed E-state index contributed by atoms with van der Waals surface area (Å²) in [6.07, 6.45) is 2.93. The van der Waals surface area contributed by atoms with Gasteiger partial charge in [-0.1, -0.05) is 30.3 Å². The van der Waals surface area contributed by atoms with Crippen molar-refractivity contribution in [2.75, 3.05) is 14.2 Å². The molecule has 0 heterocycles. The number of hydrogen-bond acceptors (Lipinski definition) is 3. The summed E-state index contributed by atoms with van der Waals surface area (Å²) in [7, 11) is 3.05. The summed E-state index contributed by atoms with van der Waals surface area (Å²) >= 11 is 0. The zero-order valence-electron chi connectivity index (χ0n) is 13.7. The number of hydrogen-bond donors (Lipinski definition) is 1. The van der Waals surface area contributed by atoms with Crippen LogP contribution in [0, 0.1) is 5.82 Å². The summed E-state index contributed by atoms with van der Waals surface area (Å²) in [5.74, 6) is -0.536. The van der Waals surface area contributed by atoms with Crippen molar-refractivity contribution in [2.24, 2.45) is 0 Å². The van der Waals surface area contributed by atoms with Crippen molar-refractivity contribution in [1.29, 1.82) is 0 Å². The van der Waals surface area contributed by atoms with Gasteiger partial charge in [-0.05, 0) is 34.9 Å². The average Bonchev–Trinajstić information content (AvgIpc) is 2.59. The van der Waals surface area contributed by atoms with E-state index in [1.54, 1.807) is 19.3 Å². The maximum Gasteiger partial charge on any atom is 0.244 e. The molecule has 2 aromatic rings. The molecule has 2 rings (SSSR count). The molecule has 0 spiro atoms. The molecule has 1 amide bonds. The molecule has 0 aliphatic rings. The molecule has 5 heteroatoms. The molecule has 126 valence electrons. The van der Waals surface area contributed by atoms with Crippen molar-refractivity contribution in [2.45, 2.75) is 13.2 Å². The molecule has 0 saturated carbocycles. The van der Waals surface area contributed by atoms with E-state index in [4.69, 9.17) is 9.47 Å². The van der Waals surface area contributed by atoms with E-state index in [0.29, 0.717) is 18.7 Å². The van der Waals surface area contributed by atoms with E-state index in [2.05, 4.69) is 5.32 Å². The predicted octanol–water partition coefficient (Wildman–Crippen LogP) is 3.31. The molecule has 0 atom stereocenters. The molecule has 2 aromatic carbocycles. The first-order valence-electron chi connectivity index (χ1n) is 7.48. The van der Waals surface area contributed by atoms with E-state index in [0.717, 1.165) is 11.1 Å². The third-order valence-corrected chi connectivity index (χ3v) is 3.37. The first-order valence-corrected chi connectivity index (χ1v) is 7.48. The van der Waals surface area contributed by atoms with Gasteiger partial charge in [0.1, 0.15) is 0 Å². The number of methoxy groups -OCH3 is 2. The topological polar surface area (TPSA) is 47.6 Å². The van der Waals surface area contributed by atoms with Gasteiger partial charge in [-0.2, -0.15) is 0 Å². The number of amides is 1. The normalized spacial score (nSPS) is 10.8. The van der Waals surface area contributed by atoms with E-state index in [9.17, 15) is 9.18 Å². The fourth-order valence-electron chi connectivity index (χ4n) is 2.20. The Morgan fingerprint density at radius 2 is 1.96 bits per heavy atom. The van der Waals surface area contributed by atoms with Crippen LogP contribution in [0.1, 0.15) is 16.7 Å². The minimum Gasteiger partial charge on any atom is -0.494 e. The fraction of sp³-hybridized carbons (Fsp3) is 0.211. The number of rotatable bonds is 7. The van der Waals surface area contributed by atoms with Gasteiger partial charge in [-0.3, -0.25) is 4.79 Å². The Balaban J connectivity index is 1.91. The highest BCUT2D eigenvalue weighted by Crippen LogP contribution is 2.18.